The zero-order valence-corrected chi connectivity index (χ0v) is 18.1. The Balaban J connectivity index is 1.52. The van der Waals surface area contributed by atoms with Crippen LogP contribution in [0.4, 0.5) is 10.7 Å². The summed E-state index contributed by atoms with van der Waals surface area (Å²) in [4.78, 5) is 40.4. The fourth-order valence-electron chi connectivity index (χ4n) is 4.37. The van der Waals surface area contributed by atoms with Gasteiger partial charge in [-0.05, 0) is 62.6 Å². The van der Waals surface area contributed by atoms with Crippen molar-refractivity contribution >= 4 is 39.8 Å². The second kappa shape index (κ2) is 8.60. The molecule has 0 saturated heterocycles. The number of ether oxygens (including phenoxy) is 1. The minimum absolute atomic E-state index is 0.0509. The van der Waals surface area contributed by atoms with Gasteiger partial charge in [0.05, 0.1) is 5.56 Å². The van der Waals surface area contributed by atoms with Crippen molar-refractivity contribution in [3.05, 3.63) is 45.8 Å². The number of amides is 2. The smallest absolute Gasteiger partial charge is 0.341 e. The number of anilines is 2. The molecule has 0 bridgehead atoms. The molecule has 158 valence electrons. The van der Waals surface area contributed by atoms with Gasteiger partial charge in [0.1, 0.15) is 5.00 Å². The average Bonchev–Trinajstić information content (AvgIpc) is 3.08. The number of esters is 1. The van der Waals surface area contributed by atoms with E-state index in [1.807, 2.05) is 31.2 Å². The van der Waals surface area contributed by atoms with Gasteiger partial charge in [0.2, 0.25) is 5.91 Å². The molecular weight excluding hydrogens is 400 g/mol. The SMILES string of the molecule is CC(=O)Nc1sc2c(c1C(=O)OCC(=O)N1c3ccccc3CCC1C)CCCC2. The van der Waals surface area contributed by atoms with Crippen LogP contribution in [0.1, 0.15) is 59.5 Å². The first-order valence-corrected chi connectivity index (χ1v) is 11.3. The number of aryl methyl sites for hydroxylation is 2. The molecule has 2 amide bonds. The number of benzene rings is 1. The number of carbonyl (C=O) groups excluding carboxylic acids is 3. The highest BCUT2D eigenvalue weighted by Gasteiger charge is 2.31. The van der Waals surface area contributed by atoms with Crippen LogP contribution in [0.15, 0.2) is 24.3 Å². The molecule has 1 N–H and O–H groups in total. The second-order valence-electron chi connectivity index (χ2n) is 7.95. The molecule has 0 fully saturated rings. The second-order valence-corrected chi connectivity index (χ2v) is 9.06. The van der Waals surface area contributed by atoms with Gasteiger partial charge in [-0.25, -0.2) is 4.79 Å². The summed E-state index contributed by atoms with van der Waals surface area (Å²) in [6, 6.07) is 7.91. The standard InChI is InChI=1S/C23H26N2O4S/c1-14-11-12-16-7-3-5-9-18(16)25(14)20(27)13-29-23(28)21-17-8-4-6-10-19(17)30-22(21)24-15(2)26/h3,5,7,9,14H,4,6,8,10-13H2,1-2H3,(H,24,26). The maximum atomic E-state index is 13.0. The maximum absolute atomic E-state index is 13.0. The van der Waals surface area contributed by atoms with E-state index < -0.39 is 5.97 Å². The van der Waals surface area contributed by atoms with E-state index in [2.05, 4.69) is 5.32 Å². The fraction of sp³-hybridized carbons (Fsp3) is 0.435. The zero-order valence-electron chi connectivity index (χ0n) is 17.3. The lowest BCUT2D eigenvalue weighted by molar-refractivity contribution is -0.122. The third kappa shape index (κ3) is 3.99. The lowest BCUT2D eigenvalue weighted by Crippen LogP contribution is -2.44. The van der Waals surface area contributed by atoms with E-state index >= 15 is 0 Å². The van der Waals surface area contributed by atoms with Crippen molar-refractivity contribution in [2.75, 3.05) is 16.8 Å². The highest BCUT2D eigenvalue weighted by Crippen LogP contribution is 2.38. The van der Waals surface area contributed by atoms with E-state index in [9.17, 15) is 14.4 Å². The summed E-state index contributed by atoms with van der Waals surface area (Å²) in [7, 11) is 0. The summed E-state index contributed by atoms with van der Waals surface area (Å²) in [5.74, 6) is -0.991. The van der Waals surface area contributed by atoms with Crippen molar-refractivity contribution in [2.24, 2.45) is 0 Å². The van der Waals surface area contributed by atoms with Crippen LogP contribution < -0.4 is 10.2 Å². The molecule has 1 aromatic carbocycles. The molecule has 7 heteroatoms. The molecule has 2 aromatic rings. The van der Waals surface area contributed by atoms with Crippen LogP contribution in [-0.2, 0) is 33.6 Å². The van der Waals surface area contributed by atoms with E-state index in [-0.39, 0.29) is 24.5 Å². The third-order valence-electron chi connectivity index (χ3n) is 5.78. The number of para-hydroxylation sites is 1. The van der Waals surface area contributed by atoms with Crippen molar-refractivity contribution in [2.45, 2.75) is 58.4 Å². The number of fused-ring (bicyclic) bond motifs is 2. The first-order chi connectivity index (χ1) is 14.5. The molecule has 6 nitrogen and oxygen atoms in total. The van der Waals surface area contributed by atoms with Gasteiger partial charge in [-0.2, -0.15) is 0 Å². The van der Waals surface area contributed by atoms with Gasteiger partial charge in [0, 0.05) is 23.5 Å². The molecule has 2 aliphatic rings. The van der Waals surface area contributed by atoms with Crippen LogP contribution >= 0.6 is 11.3 Å². The third-order valence-corrected chi connectivity index (χ3v) is 6.99. The number of nitrogens with one attached hydrogen (secondary N) is 1. The Morgan fingerprint density at radius 3 is 2.73 bits per heavy atom. The monoisotopic (exact) mass is 426 g/mol. The number of hydrogen-bond donors (Lipinski definition) is 1. The zero-order chi connectivity index (χ0) is 21.3. The van der Waals surface area contributed by atoms with Gasteiger partial charge >= 0.3 is 5.97 Å². The number of hydrogen-bond acceptors (Lipinski definition) is 5. The quantitative estimate of drug-likeness (QED) is 0.747. The Hall–Kier alpha value is -2.67. The predicted octanol–water partition coefficient (Wildman–Crippen LogP) is 4.11. The van der Waals surface area contributed by atoms with Gasteiger partial charge in [0.25, 0.3) is 5.91 Å². The van der Waals surface area contributed by atoms with E-state index in [0.29, 0.717) is 10.6 Å². The normalized spacial score (nSPS) is 17.7. The number of carbonyl (C=O) groups is 3. The molecule has 0 spiro atoms. The maximum Gasteiger partial charge on any atom is 0.341 e. The van der Waals surface area contributed by atoms with E-state index in [1.54, 1.807) is 4.90 Å². The van der Waals surface area contributed by atoms with Gasteiger partial charge in [-0.1, -0.05) is 18.2 Å². The summed E-state index contributed by atoms with van der Waals surface area (Å²) in [6.45, 7) is 3.12. The minimum Gasteiger partial charge on any atom is -0.452 e. The Labute approximate surface area is 180 Å². The van der Waals surface area contributed by atoms with Crippen LogP contribution in [0.5, 0.6) is 0 Å². The van der Waals surface area contributed by atoms with Crippen LogP contribution in [0.2, 0.25) is 0 Å². The average molecular weight is 427 g/mol. The summed E-state index contributed by atoms with van der Waals surface area (Å²) < 4.78 is 5.48. The van der Waals surface area contributed by atoms with Gasteiger partial charge in [-0.15, -0.1) is 11.3 Å². The van der Waals surface area contributed by atoms with Crippen molar-refractivity contribution in [1.29, 1.82) is 0 Å². The van der Waals surface area contributed by atoms with Crippen molar-refractivity contribution in [1.82, 2.24) is 0 Å². The van der Waals surface area contributed by atoms with E-state index in [1.165, 1.54) is 18.3 Å². The number of rotatable bonds is 4. The summed E-state index contributed by atoms with van der Waals surface area (Å²) in [5.41, 5.74) is 3.41. The topological polar surface area (TPSA) is 75.7 Å². The lowest BCUT2D eigenvalue weighted by atomic mass is 9.95. The van der Waals surface area contributed by atoms with Gasteiger partial charge in [0.15, 0.2) is 6.61 Å². The number of nitrogens with zero attached hydrogens (tertiary/aromatic N) is 1. The Morgan fingerprint density at radius 2 is 1.93 bits per heavy atom. The molecule has 1 aliphatic heterocycles. The largest absolute Gasteiger partial charge is 0.452 e. The molecule has 30 heavy (non-hydrogen) atoms. The molecule has 0 radical (unpaired) electrons. The van der Waals surface area contributed by atoms with Crippen molar-refractivity contribution in [3.63, 3.8) is 0 Å². The van der Waals surface area contributed by atoms with Crippen molar-refractivity contribution < 1.29 is 19.1 Å². The van der Waals surface area contributed by atoms with Gasteiger partial charge in [-0.3, -0.25) is 9.59 Å². The van der Waals surface area contributed by atoms with Crippen LogP contribution in [-0.4, -0.2) is 30.4 Å². The molecular formula is C23H26N2O4S. The van der Waals surface area contributed by atoms with E-state index in [0.717, 1.165) is 60.2 Å². The summed E-state index contributed by atoms with van der Waals surface area (Å²) >= 11 is 1.44. The van der Waals surface area contributed by atoms with Crippen LogP contribution in [0, 0.1) is 0 Å². The predicted molar refractivity (Wildman–Crippen MR) is 117 cm³/mol. The molecule has 1 atom stereocenters. The Morgan fingerprint density at radius 1 is 1.17 bits per heavy atom. The lowest BCUT2D eigenvalue weighted by Gasteiger charge is -2.35. The Bertz CT molecular complexity index is 997. The highest BCUT2D eigenvalue weighted by molar-refractivity contribution is 7.17. The fourth-order valence-corrected chi connectivity index (χ4v) is 5.69. The minimum atomic E-state index is -0.538. The van der Waals surface area contributed by atoms with E-state index in [4.69, 9.17) is 4.74 Å². The van der Waals surface area contributed by atoms with Crippen LogP contribution in [0.3, 0.4) is 0 Å². The number of thiophene rings is 1. The Kier molecular flexibility index (Phi) is 5.90. The van der Waals surface area contributed by atoms with Gasteiger partial charge < -0.3 is 15.0 Å². The first kappa shape index (κ1) is 20.6. The summed E-state index contributed by atoms with van der Waals surface area (Å²) in [5, 5.41) is 3.30. The molecule has 4 rings (SSSR count). The van der Waals surface area contributed by atoms with Crippen molar-refractivity contribution in [3.8, 4) is 0 Å². The summed E-state index contributed by atoms with van der Waals surface area (Å²) in [6.07, 6.45) is 5.58. The highest BCUT2D eigenvalue weighted by atomic mass is 32.1. The molecule has 0 saturated carbocycles. The van der Waals surface area contributed by atoms with Crippen LogP contribution in [0.25, 0.3) is 0 Å². The first-order valence-electron chi connectivity index (χ1n) is 10.4. The molecule has 2 heterocycles. The molecule has 1 aromatic heterocycles. The molecule has 1 unspecified atom stereocenters. The molecule has 1 aliphatic carbocycles.